The average Bonchev–Trinajstić information content (AvgIpc) is 3.24. The number of nitro benzene ring substituents is 1. The van der Waals surface area contributed by atoms with E-state index in [9.17, 15) is 14.9 Å². The molecule has 108 valence electrons. The van der Waals surface area contributed by atoms with Crippen molar-refractivity contribution in [2.75, 3.05) is 18.9 Å². The highest BCUT2D eigenvalue weighted by Gasteiger charge is 2.40. The molecule has 0 atom stereocenters. The number of benzene rings is 1. The third-order valence-electron chi connectivity index (χ3n) is 4.04. The quantitative estimate of drug-likeness (QED) is 0.618. The molecule has 0 bridgehead atoms. The van der Waals surface area contributed by atoms with Crippen LogP contribution in [0.4, 0.5) is 11.4 Å². The number of rotatable bonds is 6. The van der Waals surface area contributed by atoms with Crippen molar-refractivity contribution in [1.82, 2.24) is 5.32 Å². The highest BCUT2D eigenvalue weighted by Crippen LogP contribution is 2.48. The first-order valence-electron chi connectivity index (χ1n) is 6.76. The van der Waals surface area contributed by atoms with E-state index in [1.54, 1.807) is 12.1 Å². The summed E-state index contributed by atoms with van der Waals surface area (Å²) >= 11 is 0. The first kappa shape index (κ1) is 14.3. The Kier molecular flexibility index (Phi) is 3.92. The van der Waals surface area contributed by atoms with Crippen LogP contribution in [-0.4, -0.2) is 24.4 Å². The average molecular weight is 277 g/mol. The summed E-state index contributed by atoms with van der Waals surface area (Å²) in [5.74, 6) is -0.327. The number of carbonyl (C=O) groups excluding carboxylic acids is 1. The minimum Gasteiger partial charge on any atom is -0.379 e. The van der Waals surface area contributed by atoms with Crippen molar-refractivity contribution in [3.05, 3.63) is 33.9 Å². The van der Waals surface area contributed by atoms with Crippen LogP contribution in [0.5, 0.6) is 0 Å². The zero-order valence-corrected chi connectivity index (χ0v) is 11.7. The van der Waals surface area contributed by atoms with E-state index in [1.807, 2.05) is 0 Å². The monoisotopic (exact) mass is 277 g/mol. The number of anilines is 1. The van der Waals surface area contributed by atoms with Gasteiger partial charge in [-0.25, -0.2) is 0 Å². The maximum Gasteiger partial charge on any atom is 0.293 e. The van der Waals surface area contributed by atoms with Crippen LogP contribution in [0, 0.1) is 15.5 Å². The van der Waals surface area contributed by atoms with Crippen molar-refractivity contribution in [1.29, 1.82) is 0 Å². The van der Waals surface area contributed by atoms with E-state index in [0.29, 0.717) is 16.7 Å². The topological polar surface area (TPSA) is 84.3 Å². The molecule has 1 aromatic carbocycles. The van der Waals surface area contributed by atoms with Crippen LogP contribution in [0.15, 0.2) is 18.2 Å². The summed E-state index contributed by atoms with van der Waals surface area (Å²) in [7, 11) is 1.50. The van der Waals surface area contributed by atoms with Gasteiger partial charge in [0.2, 0.25) is 0 Å². The van der Waals surface area contributed by atoms with Crippen molar-refractivity contribution in [3.63, 3.8) is 0 Å². The number of amides is 1. The van der Waals surface area contributed by atoms with Gasteiger partial charge in [-0.2, -0.15) is 0 Å². The number of carbonyl (C=O) groups is 1. The van der Waals surface area contributed by atoms with Crippen molar-refractivity contribution >= 4 is 17.3 Å². The van der Waals surface area contributed by atoms with Crippen molar-refractivity contribution in [2.24, 2.45) is 5.41 Å². The molecule has 0 heterocycles. The maximum atomic E-state index is 11.5. The summed E-state index contributed by atoms with van der Waals surface area (Å²) in [5.41, 5.74) is 1.01. The molecule has 0 aliphatic heterocycles. The van der Waals surface area contributed by atoms with Crippen LogP contribution in [0.25, 0.3) is 0 Å². The molecule has 6 heteroatoms. The van der Waals surface area contributed by atoms with E-state index < -0.39 is 4.92 Å². The summed E-state index contributed by atoms with van der Waals surface area (Å²) in [6.07, 6.45) is 3.41. The number of nitro groups is 1. The van der Waals surface area contributed by atoms with E-state index in [2.05, 4.69) is 17.6 Å². The summed E-state index contributed by atoms with van der Waals surface area (Å²) < 4.78 is 0. The Morgan fingerprint density at radius 3 is 2.65 bits per heavy atom. The van der Waals surface area contributed by atoms with Gasteiger partial charge in [-0.15, -0.1) is 0 Å². The lowest BCUT2D eigenvalue weighted by Crippen LogP contribution is -2.19. The predicted octanol–water partition coefficient (Wildman–Crippen LogP) is 2.56. The molecule has 1 amide bonds. The standard InChI is InChI=1S/C14H19N3O3/c1-3-14(6-7-14)9-16-11-5-4-10(13(18)15-2)8-12(11)17(19)20/h4-5,8,16H,3,6-7,9H2,1-2H3,(H,15,18). The minimum absolute atomic E-state index is 0.0574. The Hall–Kier alpha value is -2.11. The molecule has 0 saturated heterocycles. The molecule has 1 fully saturated rings. The second-order valence-corrected chi connectivity index (χ2v) is 5.28. The smallest absolute Gasteiger partial charge is 0.293 e. The summed E-state index contributed by atoms with van der Waals surface area (Å²) in [6, 6.07) is 4.51. The molecular formula is C14H19N3O3. The van der Waals surface area contributed by atoms with Crippen molar-refractivity contribution in [2.45, 2.75) is 26.2 Å². The molecule has 1 aromatic rings. The van der Waals surface area contributed by atoms with Crippen molar-refractivity contribution < 1.29 is 9.72 Å². The highest BCUT2D eigenvalue weighted by molar-refractivity contribution is 5.95. The SMILES string of the molecule is CCC1(CNc2ccc(C(=O)NC)cc2[N+](=O)[O-])CC1. The lowest BCUT2D eigenvalue weighted by Gasteiger charge is -2.14. The van der Waals surface area contributed by atoms with Crippen LogP contribution in [0.2, 0.25) is 0 Å². The van der Waals surface area contributed by atoms with E-state index >= 15 is 0 Å². The number of nitrogens with one attached hydrogen (secondary N) is 2. The van der Waals surface area contributed by atoms with Gasteiger partial charge in [0.15, 0.2) is 0 Å². The van der Waals surface area contributed by atoms with Crippen LogP contribution in [-0.2, 0) is 0 Å². The zero-order valence-electron chi connectivity index (χ0n) is 11.7. The Balaban J connectivity index is 2.19. The molecule has 0 unspecified atom stereocenters. The van der Waals surface area contributed by atoms with Gasteiger partial charge in [0.05, 0.1) is 4.92 Å². The van der Waals surface area contributed by atoms with Crippen LogP contribution >= 0.6 is 0 Å². The summed E-state index contributed by atoms with van der Waals surface area (Å²) in [6.45, 7) is 2.88. The Labute approximate surface area is 117 Å². The van der Waals surface area contributed by atoms with Crippen LogP contribution < -0.4 is 10.6 Å². The van der Waals surface area contributed by atoms with E-state index in [1.165, 1.54) is 26.0 Å². The fraction of sp³-hybridized carbons (Fsp3) is 0.500. The first-order valence-corrected chi connectivity index (χ1v) is 6.76. The molecule has 1 aliphatic rings. The molecular weight excluding hydrogens is 258 g/mol. The molecule has 6 nitrogen and oxygen atoms in total. The molecule has 0 radical (unpaired) electrons. The van der Waals surface area contributed by atoms with Gasteiger partial charge in [0.1, 0.15) is 5.69 Å². The fourth-order valence-corrected chi connectivity index (χ4v) is 2.23. The molecule has 0 spiro atoms. The predicted molar refractivity (Wildman–Crippen MR) is 76.9 cm³/mol. The third-order valence-corrected chi connectivity index (χ3v) is 4.04. The van der Waals surface area contributed by atoms with E-state index in [4.69, 9.17) is 0 Å². The second-order valence-electron chi connectivity index (χ2n) is 5.28. The van der Waals surface area contributed by atoms with Gasteiger partial charge in [0, 0.05) is 25.2 Å². The van der Waals surface area contributed by atoms with Gasteiger partial charge < -0.3 is 10.6 Å². The molecule has 2 rings (SSSR count). The maximum absolute atomic E-state index is 11.5. The summed E-state index contributed by atoms with van der Waals surface area (Å²) in [5, 5.41) is 16.7. The summed E-state index contributed by atoms with van der Waals surface area (Å²) in [4.78, 5) is 22.2. The number of hydrogen-bond donors (Lipinski definition) is 2. The van der Waals surface area contributed by atoms with Gasteiger partial charge >= 0.3 is 0 Å². The molecule has 0 aromatic heterocycles. The third kappa shape index (κ3) is 2.89. The number of hydrogen-bond acceptors (Lipinski definition) is 4. The zero-order chi connectivity index (χ0) is 14.8. The fourth-order valence-electron chi connectivity index (χ4n) is 2.23. The molecule has 2 N–H and O–H groups in total. The van der Waals surface area contributed by atoms with Crippen LogP contribution in [0.3, 0.4) is 0 Å². The minimum atomic E-state index is -0.458. The Morgan fingerprint density at radius 2 is 2.15 bits per heavy atom. The Morgan fingerprint density at radius 1 is 1.45 bits per heavy atom. The largest absolute Gasteiger partial charge is 0.379 e. The van der Waals surface area contributed by atoms with Gasteiger partial charge in [-0.05, 0) is 36.8 Å². The van der Waals surface area contributed by atoms with Gasteiger partial charge in [-0.3, -0.25) is 14.9 Å². The lowest BCUT2D eigenvalue weighted by molar-refractivity contribution is -0.384. The van der Waals surface area contributed by atoms with Crippen LogP contribution in [0.1, 0.15) is 36.5 Å². The number of nitrogens with zero attached hydrogens (tertiary/aromatic N) is 1. The van der Waals surface area contributed by atoms with E-state index in [-0.39, 0.29) is 11.6 Å². The lowest BCUT2D eigenvalue weighted by atomic mass is 10.0. The molecule has 20 heavy (non-hydrogen) atoms. The second kappa shape index (κ2) is 5.48. The van der Waals surface area contributed by atoms with Gasteiger partial charge in [0.25, 0.3) is 11.6 Å². The Bertz CT molecular complexity index is 538. The first-order chi connectivity index (χ1) is 9.51. The molecule has 1 saturated carbocycles. The van der Waals surface area contributed by atoms with Crippen molar-refractivity contribution in [3.8, 4) is 0 Å². The highest BCUT2D eigenvalue weighted by atomic mass is 16.6. The van der Waals surface area contributed by atoms with E-state index in [0.717, 1.165) is 13.0 Å². The normalized spacial score (nSPS) is 15.5. The van der Waals surface area contributed by atoms with Gasteiger partial charge in [-0.1, -0.05) is 6.92 Å². The molecule has 1 aliphatic carbocycles.